The first kappa shape index (κ1) is 20.7. The van der Waals surface area contributed by atoms with E-state index in [1.807, 2.05) is 44.2 Å². The van der Waals surface area contributed by atoms with Gasteiger partial charge in [0.25, 0.3) is 5.78 Å². The Labute approximate surface area is 180 Å². The number of benzene rings is 1. The Morgan fingerprint density at radius 1 is 1.20 bits per heavy atom. The van der Waals surface area contributed by atoms with Crippen LogP contribution in [-0.4, -0.2) is 63.2 Å². The summed E-state index contributed by atoms with van der Waals surface area (Å²) >= 11 is 6.05. The first-order valence-electron chi connectivity index (χ1n) is 10.0. The van der Waals surface area contributed by atoms with Crippen LogP contribution in [-0.2, 0) is 16.0 Å². The fourth-order valence-corrected chi connectivity index (χ4v) is 3.86. The monoisotopic (exact) mass is 428 g/mol. The number of carbonyl (C=O) groups is 1. The number of aryl methyl sites for hydroxylation is 2. The van der Waals surface area contributed by atoms with E-state index in [-0.39, 0.29) is 18.4 Å². The standard InChI is InChI=1S/C21H25ClN6O2/c1-14-11-15(2)28-21(24-14)25-19(26-28)12-20(29)23-13-18(27-7-9-30-10-8-27)16-3-5-17(22)6-4-16/h3-6,11,18H,7-10,12-13H2,1-2H3,(H,23,29). The summed E-state index contributed by atoms with van der Waals surface area (Å²) in [6.07, 6.45) is 0.109. The molecule has 1 fully saturated rings. The Morgan fingerprint density at radius 3 is 2.67 bits per heavy atom. The van der Waals surface area contributed by atoms with Gasteiger partial charge in [0, 0.05) is 36.0 Å². The van der Waals surface area contributed by atoms with Gasteiger partial charge in [0.2, 0.25) is 5.91 Å². The number of halogens is 1. The number of aromatic nitrogens is 4. The highest BCUT2D eigenvalue weighted by Crippen LogP contribution is 2.23. The van der Waals surface area contributed by atoms with Crippen LogP contribution in [0, 0.1) is 13.8 Å². The Kier molecular flexibility index (Phi) is 6.26. The third kappa shape index (κ3) is 4.77. The van der Waals surface area contributed by atoms with E-state index in [0.717, 1.165) is 30.0 Å². The van der Waals surface area contributed by atoms with Crippen LogP contribution in [0.1, 0.15) is 28.8 Å². The molecule has 1 N–H and O–H groups in total. The van der Waals surface area contributed by atoms with Crippen molar-refractivity contribution in [3.8, 4) is 0 Å². The van der Waals surface area contributed by atoms with Gasteiger partial charge < -0.3 is 10.1 Å². The molecule has 1 amide bonds. The normalized spacial score (nSPS) is 16.0. The van der Waals surface area contributed by atoms with Crippen molar-refractivity contribution in [2.45, 2.75) is 26.3 Å². The zero-order valence-electron chi connectivity index (χ0n) is 17.1. The summed E-state index contributed by atoms with van der Waals surface area (Å²) in [5.74, 6) is 0.860. The first-order chi connectivity index (χ1) is 14.5. The lowest BCUT2D eigenvalue weighted by molar-refractivity contribution is -0.120. The first-order valence-corrected chi connectivity index (χ1v) is 10.4. The number of hydrogen-bond donors (Lipinski definition) is 1. The predicted molar refractivity (Wildman–Crippen MR) is 114 cm³/mol. The third-order valence-corrected chi connectivity index (χ3v) is 5.47. The molecular weight excluding hydrogens is 404 g/mol. The minimum Gasteiger partial charge on any atom is -0.379 e. The maximum atomic E-state index is 12.6. The number of ether oxygens (including phenoxy) is 1. The molecule has 30 heavy (non-hydrogen) atoms. The van der Waals surface area contributed by atoms with Crippen LogP contribution in [0.15, 0.2) is 30.3 Å². The molecule has 0 saturated carbocycles. The maximum absolute atomic E-state index is 12.6. The summed E-state index contributed by atoms with van der Waals surface area (Å²) in [5, 5.41) is 8.16. The van der Waals surface area contributed by atoms with Gasteiger partial charge in [-0.1, -0.05) is 23.7 Å². The number of rotatable bonds is 6. The minimum atomic E-state index is -0.118. The summed E-state index contributed by atoms with van der Waals surface area (Å²) in [6, 6.07) is 9.76. The quantitative estimate of drug-likeness (QED) is 0.647. The van der Waals surface area contributed by atoms with Crippen LogP contribution in [0.4, 0.5) is 0 Å². The second-order valence-electron chi connectivity index (χ2n) is 7.48. The van der Waals surface area contributed by atoms with Crippen molar-refractivity contribution in [1.82, 2.24) is 29.8 Å². The zero-order valence-corrected chi connectivity index (χ0v) is 17.9. The highest BCUT2D eigenvalue weighted by molar-refractivity contribution is 6.30. The molecule has 0 aliphatic carbocycles. The molecule has 0 radical (unpaired) electrons. The average Bonchev–Trinajstić information content (AvgIpc) is 3.13. The van der Waals surface area contributed by atoms with Crippen LogP contribution >= 0.6 is 11.6 Å². The van der Waals surface area contributed by atoms with E-state index in [0.29, 0.717) is 36.4 Å². The Morgan fingerprint density at radius 2 is 1.93 bits per heavy atom. The van der Waals surface area contributed by atoms with Crippen molar-refractivity contribution >= 4 is 23.3 Å². The number of carbonyl (C=O) groups excluding carboxylic acids is 1. The molecule has 1 aliphatic heterocycles. The van der Waals surface area contributed by atoms with Crippen LogP contribution < -0.4 is 5.32 Å². The van der Waals surface area contributed by atoms with Crippen molar-refractivity contribution < 1.29 is 9.53 Å². The van der Waals surface area contributed by atoms with E-state index in [4.69, 9.17) is 16.3 Å². The summed E-state index contributed by atoms with van der Waals surface area (Å²) in [7, 11) is 0. The summed E-state index contributed by atoms with van der Waals surface area (Å²) < 4.78 is 7.15. The molecule has 1 aromatic carbocycles. The van der Waals surface area contributed by atoms with Gasteiger partial charge >= 0.3 is 0 Å². The number of fused-ring (bicyclic) bond motifs is 1. The number of morpholine rings is 1. The van der Waals surface area contributed by atoms with Crippen LogP contribution in [0.5, 0.6) is 0 Å². The van der Waals surface area contributed by atoms with Gasteiger partial charge in [0.05, 0.1) is 25.7 Å². The molecule has 0 spiro atoms. The van der Waals surface area contributed by atoms with Gasteiger partial charge in [-0.15, -0.1) is 5.10 Å². The number of nitrogens with zero attached hydrogens (tertiary/aromatic N) is 5. The number of hydrogen-bond acceptors (Lipinski definition) is 6. The minimum absolute atomic E-state index is 0.0516. The van der Waals surface area contributed by atoms with Crippen LogP contribution in [0.25, 0.3) is 5.78 Å². The molecule has 2 aromatic heterocycles. The second kappa shape index (κ2) is 9.07. The predicted octanol–water partition coefficient (Wildman–Crippen LogP) is 2.13. The van der Waals surface area contributed by atoms with Gasteiger partial charge in [0.1, 0.15) is 0 Å². The van der Waals surface area contributed by atoms with E-state index in [1.165, 1.54) is 0 Å². The molecule has 1 aliphatic rings. The van der Waals surface area contributed by atoms with E-state index < -0.39 is 0 Å². The van der Waals surface area contributed by atoms with Crippen molar-refractivity contribution in [3.05, 3.63) is 58.1 Å². The average molecular weight is 429 g/mol. The molecule has 9 heteroatoms. The molecule has 1 saturated heterocycles. The summed E-state index contributed by atoms with van der Waals surface area (Å²) in [6.45, 7) is 7.37. The largest absolute Gasteiger partial charge is 0.379 e. The fourth-order valence-electron chi connectivity index (χ4n) is 3.73. The summed E-state index contributed by atoms with van der Waals surface area (Å²) in [4.78, 5) is 23.7. The molecule has 3 aromatic rings. The van der Waals surface area contributed by atoms with Crippen LogP contribution in [0.3, 0.4) is 0 Å². The van der Waals surface area contributed by atoms with Gasteiger partial charge in [-0.2, -0.15) is 4.98 Å². The molecule has 1 unspecified atom stereocenters. The smallest absolute Gasteiger partial charge is 0.252 e. The lowest BCUT2D eigenvalue weighted by Crippen LogP contribution is -2.44. The van der Waals surface area contributed by atoms with Crippen molar-refractivity contribution in [2.75, 3.05) is 32.8 Å². The van der Waals surface area contributed by atoms with Crippen molar-refractivity contribution in [1.29, 1.82) is 0 Å². The van der Waals surface area contributed by atoms with Gasteiger partial charge in [-0.25, -0.2) is 9.50 Å². The third-order valence-electron chi connectivity index (χ3n) is 5.21. The van der Waals surface area contributed by atoms with Gasteiger partial charge in [-0.05, 0) is 37.6 Å². The van der Waals surface area contributed by atoms with Gasteiger partial charge in [-0.3, -0.25) is 9.69 Å². The topological polar surface area (TPSA) is 84.7 Å². The Hall–Kier alpha value is -2.55. The highest BCUT2D eigenvalue weighted by atomic mass is 35.5. The zero-order chi connectivity index (χ0) is 21.1. The number of amides is 1. The van der Waals surface area contributed by atoms with E-state index in [9.17, 15) is 4.79 Å². The van der Waals surface area contributed by atoms with Crippen molar-refractivity contribution in [2.24, 2.45) is 0 Å². The Balaban J connectivity index is 1.44. The lowest BCUT2D eigenvalue weighted by atomic mass is 10.0. The molecule has 0 bridgehead atoms. The van der Waals surface area contributed by atoms with E-state index >= 15 is 0 Å². The second-order valence-corrected chi connectivity index (χ2v) is 7.91. The molecule has 1 atom stereocenters. The maximum Gasteiger partial charge on any atom is 0.252 e. The highest BCUT2D eigenvalue weighted by Gasteiger charge is 2.23. The molecule has 158 valence electrons. The fraction of sp³-hybridized carbons (Fsp3) is 0.429. The van der Waals surface area contributed by atoms with Crippen LogP contribution in [0.2, 0.25) is 5.02 Å². The molecule has 4 rings (SSSR count). The summed E-state index contributed by atoms with van der Waals surface area (Å²) in [5.41, 5.74) is 2.93. The molecular formula is C21H25ClN6O2. The van der Waals surface area contributed by atoms with Crippen molar-refractivity contribution in [3.63, 3.8) is 0 Å². The number of nitrogens with one attached hydrogen (secondary N) is 1. The Bertz CT molecular complexity index is 1030. The van der Waals surface area contributed by atoms with E-state index in [1.54, 1.807) is 4.52 Å². The molecule has 8 nitrogen and oxygen atoms in total. The SMILES string of the molecule is Cc1cc(C)n2nc(CC(=O)NCC(c3ccc(Cl)cc3)N3CCOCC3)nc2n1. The van der Waals surface area contributed by atoms with Gasteiger partial charge in [0.15, 0.2) is 5.82 Å². The van der Waals surface area contributed by atoms with E-state index in [2.05, 4.69) is 25.3 Å². The lowest BCUT2D eigenvalue weighted by Gasteiger charge is -2.35. The molecule has 3 heterocycles.